The molecule has 0 radical (unpaired) electrons. The third kappa shape index (κ3) is 6.14. The second-order valence-corrected chi connectivity index (χ2v) is 16.4. The first kappa shape index (κ1) is 36.9. The fraction of sp³-hybridized carbons (Fsp3) is 0.0714. The van der Waals surface area contributed by atoms with Crippen molar-refractivity contribution in [2.24, 2.45) is 0 Å². The van der Waals surface area contributed by atoms with Gasteiger partial charge in [0.1, 0.15) is 0 Å². The lowest BCUT2D eigenvalue weighted by molar-refractivity contribution is 1.07. The average Bonchev–Trinajstić information content (AvgIpc) is 3.79. The molecule has 3 aromatic heterocycles. The summed E-state index contributed by atoms with van der Waals surface area (Å²) in [6.07, 6.45) is 0. The van der Waals surface area contributed by atoms with Crippen LogP contribution < -0.4 is 0 Å². The van der Waals surface area contributed by atoms with Crippen molar-refractivity contribution in [2.45, 2.75) is 27.7 Å². The fourth-order valence-corrected chi connectivity index (χ4v) is 9.06. The molecule has 8 aromatic carbocycles. The molecule has 0 saturated carbocycles. The summed E-state index contributed by atoms with van der Waals surface area (Å²) in [5.74, 6) is 1.77. The Morgan fingerprint density at radius 3 is 1.23 bits per heavy atom. The highest BCUT2D eigenvalue weighted by Crippen LogP contribution is 2.43. The van der Waals surface area contributed by atoms with Gasteiger partial charge in [0.15, 0.2) is 17.5 Å². The van der Waals surface area contributed by atoms with E-state index in [9.17, 15) is 5.26 Å². The van der Waals surface area contributed by atoms with Gasteiger partial charge in [0.25, 0.3) is 0 Å². The molecule has 3 heterocycles. The van der Waals surface area contributed by atoms with E-state index in [1.54, 1.807) is 0 Å². The van der Waals surface area contributed by atoms with Crippen LogP contribution in [0.1, 0.15) is 27.8 Å². The smallest absolute Gasteiger partial charge is 0.164 e. The topological polar surface area (TPSA) is 72.3 Å². The van der Waals surface area contributed by atoms with Crippen molar-refractivity contribution in [2.75, 3.05) is 0 Å². The van der Waals surface area contributed by atoms with Gasteiger partial charge in [0.2, 0.25) is 0 Å². The van der Waals surface area contributed by atoms with Crippen molar-refractivity contribution in [1.82, 2.24) is 24.1 Å². The SMILES string of the molecule is Cc1ccc2c(c1)c1cc(C)ccc1n2-c1ccc(C#N)cc1-c1ccc(-c2nc(-c3ccccc3)nc(-c3ccccc3)n2)cc1-n1c2ccc(C)cc2c2cc(C)ccc21. The monoisotopic (exact) mass is 796 g/mol. The molecule has 0 aliphatic rings. The first-order chi connectivity index (χ1) is 30.3. The van der Waals surface area contributed by atoms with Crippen molar-refractivity contribution >= 4 is 43.6 Å². The molecular weight excluding hydrogens is 757 g/mol. The number of aromatic nitrogens is 5. The second kappa shape index (κ2) is 14.5. The van der Waals surface area contributed by atoms with E-state index in [0.29, 0.717) is 23.0 Å². The van der Waals surface area contributed by atoms with Gasteiger partial charge < -0.3 is 9.13 Å². The van der Waals surface area contributed by atoms with Crippen LogP contribution in [-0.4, -0.2) is 24.1 Å². The van der Waals surface area contributed by atoms with E-state index in [2.05, 4.69) is 140 Å². The predicted octanol–water partition coefficient (Wildman–Crippen LogP) is 13.8. The summed E-state index contributed by atoms with van der Waals surface area (Å²) < 4.78 is 4.74. The van der Waals surface area contributed by atoms with Crippen molar-refractivity contribution < 1.29 is 0 Å². The van der Waals surface area contributed by atoms with Crippen LogP contribution in [0.2, 0.25) is 0 Å². The van der Waals surface area contributed by atoms with Crippen LogP contribution in [0.15, 0.2) is 170 Å². The van der Waals surface area contributed by atoms with Gasteiger partial charge in [0.05, 0.1) is 45.1 Å². The van der Waals surface area contributed by atoms with E-state index in [1.807, 2.05) is 72.8 Å². The molecule has 6 nitrogen and oxygen atoms in total. The standard InChI is InChI=1S/C56H40N6/c1-34-15-22-48-43(27-34)44-28-35(2)16-23-49(44)61(48)52-26-19-38(33-57)31-47(52)42-21-20-41(32-53(42)62-50-24-17-36(3)29-45(50)46-30-37(4)18-25-51(46)62)56-59-54(39-11-7-5-8-12-39)58-55(60-56)40-13-9-6-10-14-40/h5-32H,1-4H3. The molecule has 0 aliphatic carbocycles. The van der Waals surface area contributed by atoms with Crippen LogP contribution >= 0.6 is 0 Å². The van der Waals surface area contributed by atoms with Crippen LogP contribution in [0.4, 0.5) is 0 Å². The lowest BCUT2D eigenvalue weighted by atomic mass is 9.96. The molecule has 0 fully saturated rings. The van der Waals surface area contributed by atoms with Crippen LogP contribution in [0.5, 0.6) is 0 Å². The maximum atomic E-state index is 10.5. The maximum Gasteiger partial charge on any atom is 0.164 e. The van der Waals surface area contributed by atoms with Crippen LogP contribution in [0.25, 0.3) is 100 Å². The lowest BCUT2D eigenvalue weighted by Gasteiger charge is -2.20. The van der Waals surface area contributed by atoms with Crippen LogP contribution in [0, 0.1) is 39.0 Å². The maximum absolute atomic E-state index is 10.5. The molecule has 62 heavy (non-hydrogen) atoms. The Hall–Kier alpha value is -8.14. The molecule has 0 saturated heterocycles. The molecule has 6 heteroatoms. The zero-order chi connectivity index (χ0) is 42.1. The Morgan fingerprint density at radius 1 is 0.371 bits per heavy atom. The molecule has 0 bridgehead atoms. The van der Waals surface area contributed by atoms with Gasteiger partial charge in [-0.3, -0.25) is 0 Å². The van der Waals surface area contributed by atoms with E-state index in [-0.39, 0.29) is 0 Å². The number of aryl methyl sites for hydroxylation is 4. The molecular formula is C56H40N6. The fourth-order valence-electron chi connectivity index (χ4n) is 9.06. The highest BCUT2D eigenvalue weighted by Gasteiger charge is 2.23. The van der Waals surface area contributed by atoms with E-state index in [1.165, 1.54) is 43.8 Å². The molecule has 0 amide bonds. The zero-order valence-electron chi connectivity index (χ0n) is 34.8. The summed E-state index contributed by atoms with van der Waals surface area (Å²) in [4.78, 5) is 15.3. The Kier molecular flexibility index (Phi) is 8.66. The first-order valence-electron chi connectivity index (χ1n) is 20.9. The normalized spacial score (nSPS) is 11.5. The van der Waals surface area contributed by atoms with E-state index in [0.717, 1.165) is 61.3 Å². The van der Waals surface area contributed by atoms with Gasteiger partial charge in [0, 0.05) is 49.4 Å². The molecule has 11 rings (SSSR count). The number of benzene rings is 8. The van der Waals surface area contributed by atoms with Gasteiger partial charge >= 0.3 is 0 Å². The zero-order valence-corrected chi connectivity index (χ0v) is 34.8. The van der Waals surface area contributed by atoms with Crippen molar-refractivity contribution in [3.05, 3.63) is 198 Å². The third-order valence-corrected chi connectivity index (χ3v) is 12.0. The summed E-state index contributed by atoms with van der Waals surface area (Å²) in [6.45, 7) is 8.58. The molecule has 294 valence electrons. The number of nitriles is 1. The summed E-state index contributed by atoms with van der Waals surface area (Å²) in [5.41, 5.74) is 16.3. The molecule has 0 atom stereocenters. The van der Waals surface area contributed by atoms with E-state index >= 15 is 0 Å². The minimum atomic E-state index is 0.567. The minimum absolute atomic E-state index is 0.567. The minimum Gasteiger partial charge on any atom is -0.309 e. The molecule has 0 spiro atoms. The van der Waals surface area contributed by atoms with Gasteiger partial charge in [-0.1, -0.05) is 119 Å². The largest absolute Gasteiger partial charge is 0.309 e. The van der Waals surface area contributed by atoms with Crippen molar-refractivity contribution in [3.63, 3.8) is 0 Å². The summed E-state index contributed by atoms with van der Waals surface area (Å²) >= 11 is 0. The lowest BCUT2D eigenvalue weighted by Crippen LogP contribution is -2.04. The number of hydrogen-bond acceptors (Lipinski definition) is 4. The summed E-state index contributed by atoms with van der Waals surface area (Å²) in [5, 5.41) is 15.2. The quantitative estimate of drug-likeness (QED) is 0.168. The Bertz CT molecular complexity index is 3450. The van der Waals surface area contributed by atoms with E-state index < -0.39 is 0 Å². The highest BCUT2D eigenvalue weighted by molar-refractivity contribution is 6.12. The summed E-state index contributed by atoms with van der Waals surface area (Å²) in [6, 6.07) is 62.0. The molecule has 0 aliphatic heterocycles. The number of hydrogen-bond donors (Lipinski definition) is 0. The van der Waals surface area contributed by atoms with Gasteiger partial charge in [-0.25, -0.2) is 15.0 Å². The predicted molar refractivity (Wildman–Crippen MR) is 254 cm³/mol. The third-order valence-electron chi connectivity index (χ3n) is 12.0. The number of nitrogens with zero attached hydrogens (tertiary/aromatic N) is 6. The van der Waals surface area contributed by atoms with Crippen molar-refractivity contribution in [1.29, 1.82) is 5.26 Å². The second-order valence-electron chi connectivity index (χ2n) is 16.4. The molecule has 0 unspecified atom stereocenters. The highest BCUT2D eigenvalue weighted by atomic mass is 15.0. The van der Waals surface area contributed by atoms with E-state index in [4.69, 9.17) is 15.0 Å². The molecule has 11 aromatic rings. The van der Waals surface area contributed by atoms with Crippen LogP contribution in [0.3, 0.4) is 0 Å². The molecule has 0 N–H and O–H groups in total. The van der Waals surface area contributed by atoms with Crippen molar-refractivity contribution in [3.8, 4) is 62.7 Å². The Balaban J connectivity index is 1.25. The number of rotatable bonds is 6. The van der Waals surface area contributed by atoms with Gasteiger partial charge in [-0.15, -0.1) is 0 Å². The van der Waals surface area contributed by atoms with Crippen LogP contribution in [-0.2, 0) is 0 Å². The van der Waals surface area contributed by atoms with Gasteiger partial charge in [-0.2, -0.15) is 5.26 Å². The number of fused-ring (bicyclic) bond motifs is 6. The Labute approximate surface area is 359 Å². The first-order valence-corrected chi connectivity index (χ1v) is 20.9. The van der Waals surface area contributed by atoms with Gasteiger partial charge in [-0.05, 0) is 100 Å². The average molecular weight is 797 g/mol. The Morgan fingerprint density at radius 2 is 0.790 bits per heavy atom. The summed E-state index contributed by atoms with van der Waals surface area (Å²) in [7, 11) is 0.